The number of hydrogen-bond donors (Lipinski definition) is 0. The Morgan fingerprint density at radius 1 is 1.11 bits per heavy atom. The molecule has 144 valence electrons. The van der Waals surface area contributed by atoms with Crippen molar-refractivity contribution >= 4 is 11.8 Å². The monoisotopic (exact) mass is 402 g/mol. The summed E-state index contributed by atoms with van der Waals surface area (Å²) in [6.45, 7) is 3.82. The Kier molecular flexibility index (Phi) is 5.80. The first kappa shape index (κ1) is 20.0. The minimum atomic E-state index is -4.36. The molecule has 0 radical (unpaired) electrons. The summed E-state index contributed by atoms with van der Waals surface area (Å²) in [6.07, 6.45) is -3.98. The van der Waals surface area contributed by atoms with Gasteiger partial charge < -0.3 is 4.52 Å². The van der Waals surface area contributed by atoms with Crippen LogP contribution in [0.2, 0.25) is 0 Å². The van der Waals surface area contributed by atoms with Crippen LogP contribution in [-0.4, -0.2) is 5.16 Å². The van der Waals surface area contributed by atoms with Crippen molar-refractivity contribution in [2.24, 2.45) is 0 Å². The Bertz CT molecular complexity index is 1020. The average Bonchev–Trinajstić information content (AvgIpc) is 3.02. The molecule has 28 heavy (non-hydrogen) atoms. The first-order chi connectivity index (χ1) is 13.3. The summed E-state index contributed by atoms with van der Waals surface area (Å²) in [5.74, 6) is 1.05. The highest BCUT2D eigenvalue weighted by molar-refractivity contribution is 7.98. The lowest BCUT2D eigenvalue weighted by Gasteiger charge is -2.07. The number of aromatic nitrogens is 1. The summed E-state index contributed by atoms with van der Waals surface area (Å²) in [4.78, 5) is 1.05. The van der Waals surface area contributed by atoms with Gasteiger partial charge in [-0.2, -0.15) is 18.4 Å². The van der Waals surface area contributed by atoms with Gasteiger partial charge in [0.1, 0.15) is 0 Å². The summed E-state index contributed by atoms with van der Waals surface area (Å²) in [6, 6.07) is 13.0. The van der Waals surface area contributed by atoms with Gasteiger partial charge in [0.15, 0.2) is 5.76 Å². The van der Waals surface area contributed by atoms with Gasteiger partial charge in [-0.15, -0.1) is 11.8 Å². The number of benzene rings is 2. The quantitative estimate of drug-likeness (QED) is 0.468. The van der Waals surface area contributed by atoms with Crippen molar-refractivity contribution in [3.63, 3.8) is 0 Å². The minimum Gasteiger partial charge on any atom is -0.356 e. The molecule has 0 amide bonds. The molecule has 0 fully saturated rings. The van der Waals surface area contributed by atoms with E-state index < -0.39 is 11.7 Å². The minimum absolute atomic E-state index is 0.385. The number of halogens is 3. The molecule has 0 aliphatic carbocycles. The molecule has 2 aromatic carbocycles. The fourth-order valence-corrected chi connectivity index (χ4v) is 3.77. The van der Waals surface area contributed by atoms with E-state index in [1.54, 1.807) is 11.8 Å². The topological polar surface area (TPSA) is 49.8 Å². The molecule has 3 aromatic rings. The zero-order chi connectivity index (χ0) is 20.3. The van der Waals surface area contributed by atoms with E-state index in [0.717, 1.165) is 39.4 Å². The molecule has 0 saturated carbocycles. The standard InChI is InChI=1S/C21H17F3N2OS/c1-13-11-18(8-5-15(13)9-10-25)28-12-19-14(2)20(27-26-19)16-3-6-17(7-4-16)21(22,23)24/h3-8,11H,9,12H2,1-2H3. The van der Waals surface area contributed by atoms with Crippen LogP contribution in [0.25, 0.3) is 11.3 Å². The first-order valence-corrected chi connectivity index (χ1v) is 9.50. The van der Waals surface area contributed by atoms with Crippen LogP contribution in [0.3, 0.4) is 0 Å². The molecule has 0 saturated heterocycles. The number of nitriles is 1. The van der Waals surface area contributed by atoms with Crippen LogP contribution < -0.4 is 0 Å². The Morgan fingerprint density at radius 2 is 1.82 bits per heavy atom. The molecule has 0 aliphatic rings. The van der Waals surface area contributed by atoms with E-state index in [2.05, 4.69) is 11.2 Å². The van der Waals surface area contributed by atoms with E-state index in [1.165, 1.54) is 12.1 Å². The summed E-state index contributed by atoms with van der Waals surface area (Å²) >= 11 is 1.59. The fourth-order valence-electron chi connectivity index (χ4n) is 2.78. The van der Waals surface area contributed by atoms with Gasteiger partial charge in [0.25, 0.3) is 0 Å². The molecular formula is C21H17F3N2OS. The number of aryl methyl sites for hydroxylation is 1. The van der Waals surface area contributed by atoms with Gasteiger partial charge in [-0.25, -0.2) is 0 Å². The van der Waals surface area contributed by atoms with Gasteiger partial charge in [0, 0.05) is 21.8 Å². The lowest BCUT2D eigenvalue weighted by molar-refractivity contribution is -0.137. The maximum atomic E-state index is 12.7. The van der Waals surface area contributed by atoms with Gasteiger partial charge in [0.2, 0.25) is 0 Å². The van der Waals surface area contributed by atoms with Crippen molar-refractivity contribution in [1.82, 2.24) is 5.16 Å². The van der Waals surface area contributed by atoms with Crippen LogP contribution in [0, 0.1) is 25.2 Å². The third-order valence-corrected chi connectivity index (χ3v) is 5.46. The van der Waals surface area contributed by atoms with Crippen molar-refractivity contribution in [3.05, 3.63) is 70.4 Å². The van der Waals surface area contributed by atoms with Crippen LogP contribution in [0.5, 0.6) is 0 Å². The van der Waals surface area contributed by atoms with Gasteiger partial charge in [-0.1, -0.05) is 23.4 Å². The van der Waals surface area contributed by atoms with Gasteiger partial charge in [-0.3, -0.25) is 0 Å². The maximum absolute atomic E-state index is 12.7. The Labute approximate surface area is 165 Å². The second kappa shape index (κ2) is 8.11. The summed E-state index contributed by atoms with van der Waals surface area (Å²) in [7, 11) is 0. The van der Waals surface area contributed by atoms with Crippen molar-refractivity contribution in [2.75, 3.05) is 0 Å². The summed E-state index contributed by atoms with van der Waals surface area (Å²) in [5, 5.41) is 12.9. The molecule has 1 aromatic heterocycles. The number of hydrogen-bond acceptors (Lipinski definition) is 4. The van der Waals surface area contributed by atoms with Crippen LogP contribution in [0.15, 0.2) is 51.9 Å². The van der Waals surface area contributed by atoms with Crippen LogP contribution in [0.4, 0.5) is 13.2 Å². The van der Waals surface area contributed by atoms with Crippen LogP contribution in [-0.2, 0) is 18.3 Å². The van der Waals surface area contributed by atoms with E-state index in [0.29, 0.717) is 23.5 Å². The van der Waals surface area contributed by atoms with Gasteiger partial charge in [-0.05, 0) is 49.2 Å². The smallest absolute Gasteiger partial charge is 0.356 e. The highest BCUT2D eigenvalue weighted by Gasteiger charge is 2.30. The van der Waals surface area contributed by atoms with E-state index in [-0.39, 0.29) is 0 Å². The van der Waals surface area contributed by atoms with Gasteiger partial charge in [0.05, 0.1) is 23.7 Å². The molecule has 0 N–H and O–H groups in total. The zero-order valence-electron chi connectivity index (χ0n) is 15.3. The van der Waals surface area contributed by atoms with Gasteiger partial charge >= 0.3 is 6.18 Å². The third-order valence-electron chi connectivity index (χ3n) is 4.45. The highest BCUT2D eigenvalue weighted by Crippen LogP contribution is 2.33. The second-order valence-corrected chi connectivity index (χ2v) is 7.42. The molecule has 0 spiro atoms. The van der Waals surface area contributed by atoms with E-state index in [9.17, 15) is 13.2 Å². The van der Waals surface area contributed by atoms with E-state index >= 15 is 0 Å². The predicted octanol–water partition coefficient (Wildman–Crippen LogP) is 6.34. The summed E-state index contributed by atoms with van der Waals surface area (Å²) < 4.78 is 43.5. The Hall–Kier alpha value is -2.72. The molecule has 0 bridgehead atoms. The van der Waals surface area contributed by atoms with Crippen molar-refractivity contribution in [3.8, 4) is 17.4 Å². The molecule has 1 heterocycles. The SMILES string of the molecule is Cc1cc(SCc2noc(-c3ccc(C(F)(F)F)cc3)c2C)ccc1CC#N. The number of nitrogens with zero attached hydrogens (tertiary/aromatic N) is 2. The number of alkyl halides is 3. The van der Waals surface area contributed by atoms with E-state index in [4.69, 9.17) is 9.78 Å². The molecule has 3 rings (SSSR count). The molecule has 0 aliphatic heterocycles. The molecule has 0 atom stereocenters. The normalized spacial score (nSPS) is 11.4. The van der Waals surface area contributed by atoms with Crippen molar-refractivity contribution < 1.29 is 17.7 Å². The molecule has 7 heteroatoms. The van der Waals surface area contributed by atoms with Crippen molar-refractivity contribution in [1.29, 1.82) is 5.26 Å². The lowest BCUT2D eigenvalue weighted by atomic mass is 10.1. The first-order valence-electron chi connectivity index (χ1n) is 8.51. The molecular weight excluding hydrogens is 385 g/mol. The average molecular weight is 402 g/mol. The lowest BCUT2D eigenvalue weighted by Crippen LogP contribution is -2.03. The largest absolute Gasteiger partial charge is 0.416 e. The van der Waals surface area contributed by atoms with E-state index in [1.807, 2.05) is 32.0 Å². The fraction of sp³-hybridized carbons (Fsp3) is 0.238. The maximum Gasteiger partial charge on any atom is 0.416 e. The van der Waals surface area contributed by atoms with Crippen LogP contribution >= 0.6 is 11.8 Å². The summed E-state index contributed by atoms with van der Waals surface area (Å²) in [5.41, 5.74) is 3.50. The van der Waals surface area contributed by atoms with Crippen molar-refractivity contribution in [2.45, 2.75) is 37.1 Å². The number of rotatable bonds is 5. The Morgan fingerprint density at radius 3 is 2.43 bits per heavy atom. The molecule has 3 nitrogen and oxygen atoms in total. The highest BCUT2D eigenvalue weighted by atomic mass is 32.2. The predicted molar refractivity (Wildman–Crippen MR) is 102 cm³/mol. The molecule has 0 unspecified atom stereocenters. The number of thioether (sulfide) groups is 1. The zero-order valence-corrected chi connectivity index (χ0v) is 16.1. The second-order valence-electron chi connectivity index (χ2n) is 6.37. The van der Waals surface area contributed by atoms with Crippen LogP contribution in [0.1, 0.15) is 27.9 Å². The third kappa shape index (κ3) is 4.39. The Balaban J connectivity index is 1.73.